The molecule has 7 heteroatoms. The van der Waals surface area contributed by atoms with E-state index in [1.54, 1.807) is 35.1 Å². The molecule has 0 fully saturated rings. The number of halogens is 1. The van der Waals surface area contributed by atoms with Gasteiger partial charge in [0.25, 0.3) is 0 Å². The van der Waals surface area contributed by atoms with E-state index in [2.05, 4.69) is 38.0 Å². The number of nitrogens with one attached hydrogen (secondary N) is 1. The van der Waals surface area contributed by atoms with E-state index in [0.29, 0.717) is 17.3 Å². The van der Waals surface area contributed by atoms with Crippen molar-refractivity contribution >= 4 is 40.1 Å². The SMILES string of the molecule is O=C(O)c1ccccc1Nc1cc(I)nn1-c1ccccn1. The van der Waals surface area contributed by atoms with Crippen LogP contribution in [0.5, 0.6) is 0 Å². The second kappa shape index (κ2) is 6.14. The standard InChI is InChI=1S/C15H11IN4O2/c16-12-9-14(20(19-12)13-7-3-4-8-17-13)18-11-6-2-1-5-10(11)15(21)22/h1-9,18H,(H,21,22). The van der Waals surface area contributed by atoms with Gasteiger partial charge in [-0.2, -0.15) is 9.78 Å². The minimum atomic E-state index is -0.985. The number of hydrogen-bond donors (Lipinski definition) is 2. The Kier molecular flexibility index (Phi) is 4.05. The Bertz CT molecular complexity index is 817. The van der Waals surface area contributed by atoms with Gasteiger partial charge in [0.05, 0.1) is 11.3 Å². The number of carboxylic acids is 1. The van der Waals surface area contributed by atoms with Gasteiger partial charge in [0, 0.05) is 12.3 Å². The van der Waals surface area contributed by atoms with Crippen LogP contribution in [0.25, 0.3) is 5.82 Å². The molecule has 2 N–H and O–H groups in total. The van der Waals surface area contributed by atoms with E-state index in [1.807, 2.05) is 24.3 Å². The number of carboxylic acid groups (broad SMARTS) is 1. The third kappa shape index (κ3) is 2.93. The van der Waals surface area contributed by atoms with Crippen LogP contribution in [-0.4, -0.2) is 25.8 Å². The molecule has 22 heavy (non-hydrogen) atoms. The van der Waals surface area contributed by atoms with Crippen LogP contribution in [0.2, 0.25) is 0 Å². The normalized spacial score (nSPS) is 10.4. The highest BCUT2D eigenvalue weighted by Crippen LogP contribution is 2.24. The Labute approximate surface area is 140 Å². The first-order chi connectivity index (χ1) is 10.6. The second-order valence-electron chi connectivity index (χ2n) is 4.43. The number of aromatic nitrogens is 3. The number of rotatable bonds is 4. The van der Waals surface area contributed by atoms with Gasteiger partial charge in [-0.15, -0.1) is 0 Å². The van der Waals surface area contributed by atoms with Crippen molar-refractivity contribution in [2.75, 3.05) is 5.32 Å². The molecule has 2 aromatic heterocycles. The molecule has 0 bridgehead atoms. The summed E-state index contributed by atoms with van der Waals surface area (Å²) < 4.78 is 2.42. The Hall–Kier alpha value is -2.42. The van der Waals surface area contributed by atoms with E-state index in [4.69, 9.17) is 0 Å². The molecule has 0 aliphatic rings. The summed E-state index contributed by atoms with van der Waals surface area (Å²) in [6.45, 7) is 0. The van der Waals surface area contributed by atoms with Gasteiger partial charge < -0.3 is 10.4 Å². The average Bonchev–Trinajstić information content (AvgIpc) is 2.89. The van der Waals surface area contributed by atoms with Gasteiger partial charge in [0.15, 0.2) is 5.82 Å². The van der Waals surface area contributed by atoms with Crippen LogP contribution in [0.15, 0.2) is 54.7 Å². The van der Waals surface area contributed by atoms with Gasteiger partial charge in [-0.3, -0.25) is 0 Å². The maximum absolute atomic E-state index is 11.3. The highest BCUT2D eigenvalue weighted by Gasteiger charge is 2.13. The Morgan fingerprint density at radius 2 is 1.95 bits per heavy atom. The summed E-state index contributed by atoms with van der Waals surface area (Å²) in [7, 11) is 0. The highest BCUT2D eigenvalue weighted by molar-refractivity contribution is 14.1. The van der Waals surface area contributed by atoms with Crippen LogP contribution in [0, 0.1) is 3.70 Å². The fourth-order valence-electron chi connectivity index (χ4n) is 2.01. The molecule has 1 aromatic carbocycles. The van der Waals surface area contributed by atoms with Gasteiger partial charge in [-0.1, -0.05) is 18.2 Å². The van der Waals surface area contributed by atoms with Crippen molar-refractivity contribution in [1.29, 1.82) is 0 Å². The monoisotopic (exact) mass is 406 g/mol. The minimum absolute atomic E-state index is 0.200. The first kappa shape index (κ1) is 14.5. The first-order valence-corrected chi connectivity index (χ1v) is 7.49. The molecule has 0 atom stereocenters. The van der Waals surface area contributed by atoms with Crippen LogP contribution in [0.1, 0.15) is 10.4 Å². The third-order valence-electron chi connectivity index (χ3n) is 2.97. The summed E-state index contributed by atoms with van der Waals surface area (Å²) in [6, 6.07) is 14.1. The summed E-state index contributed by atoms with van der Waals surface area (Å²) in [4.78, 5) is 15.6. The Balaban J connectivity index is 2.03. The number of aromatic carboxylic acids is 1. The van der Waals surface area contributed by atoms with Crippen LogP contribution in [0.3, 0.4) is 0 Å². The zero-order valence-electron chi connectivity index (χ0n) is 11.3. The van der Waals surface area contributed by atoms with Crippen molar-refractivity contribution in [3.05, 3.63) is 64.0 Å². The summed E-state index contributed by atoms with van der Waals surface area (Å²) in [5.74, 6) is 0.319. The number of para-hydroxylation sites is 1. The predicted molar refractivity (Wildman–Crippen MR) is 90.8 cm³/mol. The Morgan fingerprint density at radius 1 is 1.18 bits per heavy atom. The molecule has 2 heterocycles. The number of pyridine rings is 1. The van der Waals surface area contributed by atoms with Crippen LogP contribution in [-0.2, 0) is 0 Å². The van der Waals surface area contributed by atoms with E-state index in [-0.39, 0.29) is 5.56 Å². The van der Waals surface area contributed by atoms with Crippen molar-refractivity contribution in [2.24, 2.45) is 0 Å². The molecular weight excluding hydrogens is 395 g/mol. The molecule has 3 aromatic rings. The van der Waals surface area contributed by atoms with E-state index >= 15 is 0 Å². The van der Waals surface area contributed by atoms with Gasteiger partial charge in [-0.25, -0.2) is 9.78 Å². The molecule has 110 valence electrons. The molecule has 3 rings (SSSR count). The Morgan fingerprint density at radius 3 is 2.68 bits per heavy atom. The second-order valence-corrected chi connectivity index (χ2v) is 5.53. The lowest BCUT2D eigenvalue weighted by Crippen LogP contribution is -2.07. The number of nitrogens with zero attached hydrogens (tertiary/aromatic N) is 3. The first-order valence-electron chi connectivity index (χ1n) is 6.41. The van der Waals surface area contributed by atoms with E-state index in [0.717, 1.165) is 3.70 Å². The number of hydrogen-bond acceptors (Lipinski definition) is 4. The van der Waals surface area contributed by atoms with Crippen LogP contribution in [0.4, 0.5) is 11.5 Å². The van der Waals surface area contributed by atoms with Crippen molar-refractivity contribution < 1.29 is 9.90 Å². The largest absolute Gasteiger partial charge is 0.478 e. The zero-order valence-corrected chi connectivity index (χ0v) is 13.4. The van der Waals surface area contributed by atoms with Gasteiger partial charge in [0.1, 0.15) is 9.52 Å². The smallest absolute Gasteiger partial charge is 0.337 e. The average molecular weight is 406 g/mol. The number of carbonyl (C=O) groups is 1. The number of benzene rings is 1. The van der Waals surface area contributed by atoms with E-state index in [9.17, 15) is 9.90 Å². The predicted octanol–water partition coefficient (Wildman–Crippen LogP) is 3.31. The van der Waals surface area contributed by atoms with Gasteiger partial charge in [-0.05, 0) is 46.9 Å². The molecule has 0 aliphatic carbocycles. The summed E-state index contributed by atoms with van der Waals surface area (Å²) >= 11 is 2.10. The third-order valence-corrected chi connectivity index (χ3v) is 3.49. The maximum atomic E-state index is 11.3. The van der Waals surface area contributed by atoms with Crippen molar-refractivity contribution in [2.45, 2.75) is 0 Å². The molecule has 0 spiro atoms. The topological polar surface area (TPSA) is 80.0 Å². The molecule has 0 amide bonds. The molecule has 0 radical (unpaired) electrons. The lowest BCUT2D eigenvalue weighted by atomic mass is 10.2. The molecule has 0 unspecified atom stereocenters. The van der Waals surface area contributed by atoms with Crippen molar-refractivity contribution in [1.82, 2.24) is 14.8 Å². The van der Waals surface area contributed by atoms with Crippen LogP contribution < -0.4 is 5.32 Å². The van der Waals surface area contributed by atoms with Gasteiger partial charge >= 0.3 is 5.97 Å². The van der Waals surface area contributed by atoms with E-state index in [1.165, 1.54) is 0 Å². The van der Waals surface area contributed by atoms with Crippen molar-refractivity contribution in [3.8, 4) is 5.82 Å². The lowest BCUT2D eigenvalue weighted by molar-refractivity contribution is 0.0698. The van der Waals surface area contributed by atoms with Crippen molar-refractivity contribution in [3.63, 3.8) is 0 Å². The fraction of sp³-hybridized carbons (Fsp3) is 0. The van der Waals surface area contributed by atoms with Crippen LogP contribution >= 0.6 is 22.6 Å². The minimum Gasteiger partial charge on any atom is -0.478 e. The quantitative estimate of drug-likeness (QED) is 0.650. The lowest BCUT2D eigenvalue weighted by Gasteiger charge is -2.11. The number of anilines is 2. The van der Waals surface area contributed by atoms with Gasteiger partial charge in [0.2, 0.25) is 0 Å². The highest BCUT2D eigenvalue weighted by atomic mass is 127. The molecule has 0 aliphatic heterocycles. The zero-order chi connectivity index (χ0) is 15.5. The summed E-state index contributed by atoms with van der Waals surface area (Å²) in [5, 5.41) is 16.8. The summed E-state index contributed by atoms with van der Waals surface area (Å²) in [6.07, 6.45) is 1.68. The maximum Gasteiger partial charge on any atom is 0.337 e. The van der Waals surface area contributed by atoms with E-state index < -0.39 is 5.97 Å². The molecule has 0 saturated carbocycles. The molecule has 6 nitrogen and oxygen atoms in total. The summed E-state index contributed by atoms with van der Waals surface area (Å²) in [5.41, 5.74) is 0.703. The fourth-order valence-corrected chi connectivity index (χ4v) is 2.52. The molecular formula is C15H11IN4O2. The molecule has 0 saturated heterocycles.